The zero-order valence-corrected chi connectivity index (χ0v) is 10.6. The standard InChI is InChI=1S/C13H14F3N3/c1-3-10-11(18-19(2)12(10)17)8-5-4-6-9(7-8)13(14,15)16/h4-7H,3,17H2,1-2H3. The Hall–Kier alpha value is -1.98. The van der Waals surface area contributed by atoms with Crippen LogP contribution in [0.5, 0.6) is 0 Å². The Kier molecular flexibility index (Phi) is 3.26. The number of aromatic nitrogens is 2. The molecule has 1 aromatic heterocycles. The molecule has 1 heterocycles. The van der Waals surface area contributed by atoms with Gasteiger partial charge in [-0.1, -0.05) is 19.1 Å². The molecule has 0 atom stereocenters. The zero-order chi connectivity index (χ0) is 14.2. The van der Waals surface area contributed by atoms with Gasteiger partial charge < -0.3 is 5.73 Å². The topological polar surface area (TPSA) is 43.8 Å². The maximum atomic E-state index is 12.7. The molecule has 2 rings (SSSR count). The normalized spacial score (nSPS) is 11.8. The number of nitrogens with two attached hydrogens (primary N) is 1. The van der Waals surface area contributed by atoms with Crippen molar-refractivity contribution in [3.05, 3.63) is 35.4 Å². The SMILES string of the molecule is CCc1c(-c2cccc(C(F)(F)F)c2)nn(C)c1N. The Morgan fingerprint density at radius 1 is 1.32 bits per heavy atom. The minimum atomic E-state index is -4.36. The van der Waals surface area contributed by atoms with Gasteiger partial charge in [-0.3, -0.25) is 4.68 Å². The third kappa shape index (κ3) is 2.43. The molecule has 19 heavy (non-hydrogen) atoms. The highest BCUT2D eigenvalue weighted by molar-refractivity contribution is 5.69. The van der Waals surface area contributed by atoms with Gasteiger partial charge in [0, 0.05) is 18.2 Å². The van der Waals surface area contributed by atoms with Crippen molar-refractivity contribution < 1.29 is 13.2 Å². The molecular formula is C13H14F3N3. The molecule has 0 aliphatic rings. The third-order valence-corrected chi connectivity index (χ3v) is 3.01. The van der Waals surface area contributed by atoms with Crippen molar-refractivity contribution in [1.82, 2.24) is 9.78 Å². The Bertz CT molecular complexity index is 600. The molecule has 0 saturated heterocycles. The van der Waals surface area contributed by atoms with Crippen molar-refractivity contribution in [1.29, 1.82) is 0 Å². The number of benzene rings is 1. The van der Waals surface area contributed by atoms with E-state index in [-0.39, 0.29) is 0 Å². The van der Waals surface area contributed by atoms with Gasteiger partial charge in [0.05, 0.1) is 11.3 Å². The molecule has 0 fully saturated rings. The first-order chi connectivity index (χ1) is 8.84. The molecule has 3 nitrogen and oxygen atoms in total. The number of alkyl halides is 3. The van der Waals surface area contributed by atoms with Crippen molar-refractivity contribution in [3.63, 3.8) is 0 Å². The number of halogens is 3. The molecule has 0 aliphatic carbocycles. The lowest BCUT2D eigenvalue weighted by Gasteiger charge is -2.08. The molecule has 102 valence electrons. The van der Waals surface area contributed by atoms with Crippen LogP contribution < -0.4 is 5.73 Å². The van der Waals surface area contributed by atoms with Crippen LogP contribution in [0.1, 0.15) is 18.1 Å². The highest BCUT2D eigenvalue weighted by Gasteiger charge is 2.30. The number of aryl methyl sites for hydroxylation is 1. The lowest BCUT2D eigenvalue weighted by Crippen LogP contribution is -2.04. The van der Waals surface area contributed by atoms with Crippen molar-refractivity contribution in [2.75, 3.05) is 5.73 Å². The van der Waals surface area contributed by atoms with Gasteiger partial charge in [0.1, 0.15) is 5.82 Å². The molecule has 2 aromatic rings. The van der Waals surface area contributed by atoms with Crippen LogP contribution in [0.4, 0.5) is 19.0 Å². The van der Waals surface area contributed by atoms with Gasteiger partial charge in [-0.05, 0) is 18.6 Å². The number of rotatable bonds is 2. The minimum absolute atomic E-state index is 0.430. The van der Waals surface area contributed by atoms with Crippen molar-refractivity contribution >= 4 is 5.82 Å². The predicted octanol–water partition coefficient (Wildman–Crippen LogP) is 3.25. The highest BCUT2D eigenvalue weighted by Crippen LogP contribution is 2.33. The second-order valence-corrected chi connectivity index (χ2v) is 4.27. The summed E-state index contributed by atoms with van der Waals surface area (Å²) >= 11 is 0. The number of anilines is 1. The fraction of sp³-hybridized carbons (Fsp3) is 0.308. The van der Waals surface area contributed by atoms with Crippen LogP contribution in [0.25, 0.3) is 11.3 Å². The van der Waals surface area contributed by atoms with E-state index in [0.29, 0.717) is 23.5 Å². The number of nitrogen functional groups attached to an aromatic ring is 1. The number of hydrogen-bond acceptors (Lipinski definition) is 2. The third-order valence-electron chi connectivity index (χ3n) is 3.01. The Morgan fingerprint density at radius 3 is 2.58 bits per heavy atom. The van der Waals surface area contributed by atoms with E-state index in [2.05, 4.69) is 5.10 Å². The second kappa shape index (κ2) is 4.60. The smallest absolute Gasteiger partial charge is 0.384 e. The highest BCUT2D eigenvalue weighted by atomic mass is 19.4. The van der Waals surface area contributed by atoms with Crippen LogP contribution in [0.15, 0.2) is 24.3 Å². The van der Waals surface area contributed by atoms with Crippen LogP contribution in [-0.2, 0) is 19.6 Å². The molecule has 2 N–H and O–H groups in total. The molecule has 0 aliphatic heterocycles. The van der Waals surface area contributed by atoms with E-state index in [1.807, 2.05) is 6.92 Å². The van der Waals surface area contributed by atoms with E-state index in [1.54, 1.807) is 13.1 Å². The summed E-state index contributed by atoms with van der Waals surface area (Å²) in [5.74, 6) is 0.481. The predicted molar refractivity (Wildman–Crippen MR) is 67.4 cm³/mol. The van der Waals surface area contributed by atoms with Crippen molar-refractivity contribution in [2.45, 2.75) is 19.5 Å². The Morgan fingerprint density at radius 2 is 2.00 bits per heavy atom. The summed E-state index contributed by atoms with van der Waals surface area (Å²) in [7, 11) is 1.67. The second-order valence-electron chi connectivity index (χ2n) is 4.27. The van der Waals surface area contributed by atoms with Crippen LogP contribution >= 0.6 is 0 Å². The summed E-state index contributed by atoms with van der Waals surface area (Å²) in [6, 6.07) is 5.13. The zero-order valence-electron chi connectivity index (χ0n) is 10.6. The van der Waals surface area contributed by atoms with E-state index in [9.17, 15) is 13.2 Å². The van der Waals surface area contributed by atoms with Gasteiger partial charge in [-0.15, -0.1) is 0 Å². The molecule has 6 heteroatoms. The van der Waals surface area contributed by atoms with Gasteiger partial charge in [-0.2, -0.15) is 18.3 Å². The van der Waals surface area contributed by atoms with E-state index >= 15 is 0 Å². The summed E-state index contributed by atoms with van der Waals surface area (Å²) in [4.78, 5) is 0. The minimum Gasteiger partial charge on any atom is -0.384 e. The van der Waals surface area contributed by atoms with Crippen LogP contribution in [0.3, 0.4) is 0 Å². The van der Waals surface area contributed by atoms with Crippen LogP contribution in [-0.4, -0.2) is 9.78 Å². The fourth-order valence-corrected chi connectivity index (χ4v) is 2.00. The summed E-state index contributed by atoms with van der Waals surface area (Å²) in [5, 5.41) is 4.20. The number of nitrogens with zero attached hydrogens (tertiary/aromatic N) is 2. The molecular weight excluding hydrogens is 255 g/mol. The first-order valence-electron chi connectivity index (χ1n) is 5.83. The van der Waals surface area contributed by atoms with Gasteiger partial charge in [-0.25, -0.2) is 0 Å². The average molecular weight is 269 g/mol. The van der Waals surface area contributed by atoms with Crippen molar-refractivity contribution in [2.24, 2.45) is 7.05 Å². The monoisotopic (exact) mass is 269 g/mol. The largest absolute Gasteiger partial charge is 0.416 e. The maximum Gasteiger partial charge on any atom is 0.416 e. The molecule has 0 bridgehead atoms. The molecule has 0 spiro atoms. The summed E-state index contributed by atoms with van der Waals surface area (Å²) < 4.78 is 39.6. The molecule has 0 radical (unpaired) electrons. The first-order valence-corrected chi connectivity index (χ1v) is 5.83. The average Bonchev–Trinajstić information content (AvgIpc) is 2.64. The molecule has 0 saturated carbocycles. The Labute approximate surface area is 108 Å². The summed E-state index contributed by atoms with van der Waals surface area (Å²) in [5.41, 5.74) is 6.87. The van der Waals surface area contributed by atoms with Crippen molar-refractivity contribution in [3.8, 4) is 11.3 Å². The maximum absolute atomic E-state index is 12.7. The van der Waals surface area contributed by atoms with E-state index in [1.165, 1.54) is 10.7 Å². The lowest BCUT2D eigenvalue weighted by molar-refractivity contribution is -0.137. The van der Waals surface area contributed by atoms with E-state index in [0.717, 1.165) is 17.7 Å². The fourth-order valence-electron chi connectivity index (χ4n) is 2.00. The molecule has 1 aromatic carbocycles. The quantitative estimate of drug-likeness (QED) is 0.909. The van der Waals surface area contributed by atoms with Gasteiger partial charge in [0.2, 0.25) is 0 Å². The van der Waals surface area contributed by atoms with Crippen LogP contribution in [0, 0.1) is 0 Å². The summed E-state index contributed by atoms with van der Waals surface area (Å²) in [6.45, 7) is 1.89. The van der Waals surface area contributed by atoms with E-state index in [4.69, 9.17) is 5.73 Å². The van der Waals surface area contributed by atoms with Gasteiger partial charge >= 0.3 is 6.18 Å². The molecule has 0 unspecified atom stereocenters. The Balaban J connectivity index is 2.57. The van der Waals surface area contributed by atoms with Crippen LogP contribution in [0.2, 0.25) is 0 Å². The summed E-state index contributed by atoms with van der Waals surface area (Å²) in [6.07, 6.45) is -3.74. The van der Waals surface area contributed by atoms with E-state index < -0.39 is 11.7 Å². The van der Waals surface area contributed by atoms with Gasteiger partial charge in [0.25, 0.3) is 0 Å². The first kappa shape index (κ1) is 13.5. The number of hydrogen-bond donors (Lipinski definition) is 1. The lowest BCUT2D eigenvalue weighted by atomic mass is 10.0. The van der Waals surface area contributed by atoms with Gasteiger partial charge in [0.15, 0.2) is 0 Å². The molecule has 0 amide bonds.